The molecule has 4 N–H and O–H groups in total. The Kier molecular flexibility index (Phi) is 3.80. The maximum atomic E-state index is 6.48. The number of hydrogen-bond acceptors (Lipinski definition) is 6. The lowest BCUT2D eigenvalue weighted by Gasteiger charge is -2.25. The Morgan fingerprint density at radius 2 is 2.03 bits per heavy atom. The van der Waals surface area contributed by atoms with Gasteiger partial charge in [-0.05, 0) is 43.7 Å². The van der Waals surface area contributed by atoms with Crippen LogP contribution in [0.3, 0.4) is 0 Å². The molecule has 1 aromatic carbocycles. The van der Waals surface area contributed by atoms with Crippen LogP contribution < -0.4 is 11.1 Å². The minimum absolute atomic E-state index is 0.341. The van der Waals surface area contributed by atoms with Gasteiger partial charge in [-0.25, -0.2) is 4.68 Å². The van der Waals surface area contributed by atoms with E-state index in [1.165, 1.54) is 6.42 Å². The molecule has 0 aliphatic heterocycles. The molecule has 4 aromatic heterocycles. The Balaban J connectivity index is 1.52. The van der Waals surface area contributed by atoms with Crippen molar-refractivity contribution in [1.82, 2.24) is 34.5 Å². The fraction of sp³-hybridized carbons (Fsp3) is 0.273. The monoisotopic (exact) mass is 413 g/mol. The molecule has 0 saturated heterocycles. The van der Waals surface area contributed by atoms with Crippen molar-refractivity contribution >= 4 is 39.4 Å². The van der Waals surface area contributed by atoms with E-state index in [1.54, 1.807) is 4.68 Å². The number of H-pyrrole nitrogens is 1. The summed E-state index contributed by atoms with van der Waals surface area (Å²) in [5.74, 6) is 0.870. The number of benzene rings is 1. The smallest absolute Gasteiger partial charge is 0.231 e. The van der Waals surface area contributed by atoms with Gasteiger partial charge in [0.25, 0.3) is 0 Å². The summed E-state index contributed by atoms with van der Waals surface area (Å²) in [6, 6.07) is 8.67. The number of aryl methyl sites for hydroxylation is 2. The molecule has 31 heavy (non-hydrogen) atoms. The van der Waals surface area contributed by atoms with Crippen molar-refractivity contribution in [3.63, 3.8) is 0 Å². The number of anilines is 3. The van der Waals surface area contributed by atoms with Crippen molar-refractivity contribution in [3.8, 4) is 11.3 Å². The molecule has 1 saturated carbocycles. The largest absolute Gasteiger partial charge is 0.383 e. The molecule has 9 heteroatoms. The van der Waals surface area contributed by atoms with Crippen LogP contribution in [0.15, 0.2) is 36.7 Å². The maximum Gasteiger partial charge on any atom is 0.231 e. The highest BCUT2D eigenvalue weighted by molar-refractivity contribution is 6.00. The molecule has 0 atom stereocenters. The van der Waals surface area contributed by atoms with E-state index < -0.39 is 0 Å². The molecule has 1 aliphatic rings. The van der Waals surface area contributed by atoms with Gasteiger partial charge >= 0.3 is 0 Å². The average molecular weight is 413 g/mol. The predicted octanol–water partition coefficient (Wildman–Crippen LogP) is 4.07. The van der Waals surface area contributed by atoms with Gasteiger partial charge in [0.05, 0.1) is 22.8 Å². The molecule has 5 aromatic rings. The first-order valence-electron chi connectivity index (χ1n) is 10.5. The number of nitrogens with one attached hydrogen (secondary N) is 2. The quantitative estimate of drug-likeness (QED) is 0.409. The number of hydrogen-bond donors (Lipinski definition) is 3. The van der Waals surface area contributed by atoms with Crippen LogP contribution in [-0.4, -0.2) is 34.5 Å². The zero-order valence-electron chi connectivity index (χ0n) is 17.4. The number of nitrogen functional groups attached to an aromatic ring is 1. The van der Waals surface area contributed by atoms with Crippen LogP contribution >= 0.6 is 0 Å². The Morgan fingerprint density at radius 3 is 2.77 bits per heavy atom. The second-order valence-corrected chi connectivity index (χ2v) is 8.22. The van der Waals surface area contributed by atoms with Crippen LogP contribution in [0, 0.1) is 6.92 Å². The molecule has 9 nitrogen and oxygen atoms in total. The summed E-state index contributed by atoms with van der Waals surface area (Å²) in [5, 5.41) is 14.6. The van der Waals surface area contributed by atoms with Crippen LogP contribution in [0.1, 0.15) is 31.0 Å². The zero-order chi connectivity index (χ0) is 21.1. The molecule has 6 rings (SSSR count). The van der Waals surface area contributed by atoms with Gasteiger partial charge in [0, 0.05) is 30.5 Å². The molecule has 1 fully saturated rings. The number of aromatic nitrogens is 7. The normalized spacial score (nSPS) is 14.4. The van der Waals surface area contributed by atoms with Gasteiger partial charge in [-0.15, -0.1) is 0 Å². The van der Waals surface area contributed by atoms with Crippen LogP contribution in [0.2, 0.25) is 0 Å². The number of aromatic amines is 1. The number of rotatable bonds is 4. The topological polar surface area (TPSA) is 115 Å². The van der Waals surface area contributed by atoms with Crippen LogP contribution in [0.4, 0.5) is 17.5 Å². The molecule has 0 bridgehead atoms. The summed E-state index contributed by atoms with van der Waals surface area (Å²) in [6.45, 7) is 1.94. The van der Waals surface area contributed by atoms with E-state index in [0.717, 1.165) is 57.4 Å². The third kappa shape index (κ3) is 2.84. The molecule has 4 heterocycles. The minimum atomic E-state index is 0.341. The second kappa shape index (κ2) is 6.56. The molecule has 0 unspecified atom stereocenters. The zero-order valence-corrected chi connectivity index (χ0v) is 17.4. The van der Waals surface area contributed by atoms with Gasteiger partial charge < -0.3 is 16.0 Å². The highest BCUT2D eigenvalue weighted by Crippen LogP contribution is 2.39. The minimum Gasteiger partial charge on any atom is -0.383 e. The van der Waals surface area contributed by atoms with Gasteiger partial charge in [0.2, 0.25) is 5.95 Å². The maximum absolute atomic E-state index is 6.48. The number of nitrogens with two attached hydrogens (primary N) is 1. The van der Waals surface area contributed by atoms with Gasteiger partial charge in [-0.1, -0.05) is 12.1 Å². The highest BCUT2D eigenvalue weighted by atomic mass is 15.3. The van der Waals surface area contributed by atoms with Crippen LogP contribution in [0.5, 0.6) is 0 Å². The lowest BCUT2D eigenvalue weighted by atomic mass is 9.93. The Labute approximate surface area is 178 Å². The third-order valence-electron chi connectivity index (χ3n) is 6.09. The van der Waals surface area contributed by atoms with Crippen molar-refractivity contribution in [2.45, 2.75) is 32.2 Å². The summed E-state index contributed by atoms with van der Waals surface area (Å²) in [7, 11) is 1.88. The number of fused-ring (bicyclic) bond motifs is 2. The fourth-order valence-electron chi connectivity index (χ4n) is 4.25. The van der Waals surface area contributed by atoms with Crippen molar-refractivity contribution in [2.24, 2.45) is 7.05 Å². The van der Waals surface area contributed by atoms with Crippen molar-refractivity contribution < 1.29 is 0 Å². The number of nitrogens with zero attached hydrogens (tertiary/aromatic N) is 6. The third-order valence-corrected chi connectivity index (χ3v) is 6.09. The standard InChI is InChI=1S/C22H23N9/c1-12-17(11-30(2)28-12)25-22-26-20(23)18-19(14-7-6-13-8-9-24-16(13)10-14)29-31(21(18)27-22)15-4-3-5-15/h6-11,15,24H,3-5H2,1-2H3,(H3,23,25,26,27). The van der Waals surface area contributed by atoms with E-state index in [0.29, 0.717) is 17.8 Å². The van der Waals surface area contributed by atoms with Crippen LogP contribution in [0.25, 0.3) is 33.2 Å². The molecular weight excluding hydrogens is 390 g/mol. The lowest BCUT2D eigenvalue weighted by molar-refractivity contribution is 0.296. The molecule has 1 aliphatic carbocycles. The van der Waals surface area contributed by atoms with Crippen molar-refractivity contribution in [1.29, 1.82) is 0 Å². The molecule has 156 valence electrons. The Bertz CT molecular complexity index is 1430. The van der Waals surface area contributed by atoms with Crippen molar-refractivity contribution in [3.05, 3.63) is 42.4 Å². The van der Waals surface area contributed by atoms with E-state index in [1.807, 2.05) is 31.0 Å². The van der Waals surface area contributed by atoms with Gasteiger partial charge in [-0.2, -0.15) is 20.2 Å². The van der Waals surface area contributed by atoms with Gasteiger partial charge in [0.15, 0.2) is 5.65 Å². The van der Waals surface area contributed by atoms with E-state index in [9.17, 15) is 0 Å². The first-order chi connectivity index (χ1) is 15.1. The predicted molar refractivity (Wildman–Crippen MR) is 121 cm³/mol. The van der Waals surface area contributed by atoms with E-state index >= 15 is 0 Å². The Morgan fingerprint density at radius 1 is 1.16 bits per heavy atom. The van der Waals surface area contributed by atoms with E-state index in [4.69, 9.17) is 15.8 Å². The highest BCUT2D eigenvalue weighted by Gasteiger charge is 2.27. The lowest BCUT2D eigenvalue weighted by Crippen LogP contribution is -2.18. The first kappa shape index (κ1) is 17.9. The van der Waals surface area contributed by atoms with Crippen molar-refractivity contribution in [2.75, 3.05) is 11.1 Å². The summed E-state index contributed by atoms with van der Waals surface area (Å²) < 4.78 is 3.79. The summed E-state index contributed by atoms with van der Waals surface area (Å²) in [6.07, 6.45) is 7.24. The summed E-state index contributed by atoms with van der Waals surface area (Å²) in [4.78, 5) is 12.7. The molecule has 0 amide bonds. The first-order valence-corrected chi connectivity index (χ1v) is 10.5. The second-order valence-electron chi connectivity index (χ2n) is 8.22. The molecular formula is C22H23N9. The molecule has 0 spiro atoms. The molecule has 0 radical (unpaired) electrons. The average Bonchev–Trinajstić information content (AvgIpc) is 3.38. The van der Waals surface area contributed by atoms with Gasteiger partial charge in [-0.3, -0.25) is 4.68 Å². The van der Waals surface area contributed by atoms with E-state index in [2.05, 4.69) is 44.6 Å². The summed E-state index contributed by atoms with van der Waals surface area (Å²) in [5.41, 5.74) is 11.9. The summed E-state index contributed by atoms with van der Waals surface area (Å²) >= 11 is 0. The Hall–Kier alpha value is -3.88. The SMILES string of the molecule is Cc1nn(C)cc1Nc1nc(N)c2c(-c3ccc4cc[nH]c4c3)nn(C3CCC3)c2n1. The van der Waals surface area contributed by atoms with Crippen LogP contribution in [-0.2, 0) is 7.05 Å². The fourth-order valence-corrected chi connectivity index (χ4v) is 4.25. The van der Waals surface area contributed by atoms with Gasteiger partial charge in [0.1, 0.15) is 11.5 Å². The van der Waals surface area contributed by atoms with E-state index in [-0.39, 0.29) is 0 Å².